The van der Waals surface area contributed by atoms with Gasteiger partial charge in [-0.3, -0.25) is 5.17 Å². The predicted molar refractivity (Wildman–Crippen MR) is 28.3 cm³/mol. The Kier molecular flexibility index (Phi) is 1.75. The van der Waals surface area contributed by atoms with Crippen LogP contribution in [0.1, 0.15) is 20.8 Å². The maximum atomic E-state index is 10.2. The summed E-state index contributed by atoms with van der Waals surface area (Å²) in [6.07, 6.45) is 0. The fourth-order valence-electron chi connectivity index (χ4n) is 0. The highest BCUT2D eigenvalue weighted by molar-refractivity contribution is 4.53. The van der Waals surface area contributed by atoms with Crippen molar-refractivity contribution in [1.29, 1.82) is 0 Å². The highest BCUT2D eigenvalue weighted by atomic mass is 16.5. The van der Waals surface area contributed by atoms with Crippen molar-refractivity contribution in [2.45, 2.75) is 26.3 Å². The zero-order valence-electron chi connectivity index (χ0n) is 4.99. The van der Waals surface area contributed by atoms with Crippen LogP contribution >= 0.6 is 0 Å². The maximum Gasteiger partial charge on any atom is 0.106 e. The Morgan fingerprint density at radius 1 is 1.43 bits per heavy atom. The molecule has 3 N–H and O–H groups in total. The molecular formula is C4H12N2O. The summed E-state index contributed by atoms with van der Waals surface area (Å²) in [5.74, 6) is 4.93. The van der Waals surface area contributed by atoms with Gasteiger partial charge in [-0.05, 0) is 20.8 Å². The molecule has 3 nitrogen and oxygen atoms in total. The Labute approximate surface area is 43.7 Å². The third-order valence-electron chi connectivity index (χ3n) is 0.739. The van der Waals surface area contributed by atoms with Gasteiger partial charge in [0.05, 0.1) is 0 Å². The molecule has 0 fully saturated rings. The second kappa shape index (κ2) is 1.78. The fraction of sp³-hybridized carbons (Fsp3) is 1.00. The van der Waals surface area contributed by atoms with Crippen molar-refractivity contribution in [3.8, 4) is 0 Å². The highest BCUT2D eigenvalue weighted by Crippen LogP contribution is 1.87. The standard InChI is InChI=1S/C4H12N2O/c1-4(2,3)6(5)7/h6H,5H2,1-3H3. The highest BCUT2D eigenvalue weighted by Gasteiger charge is 2.13. The molecule has 0 aromatic heterocycles. The smallest absolute Gasteiger partial charge is 0.106 e. The summed E-state index contributed by atoms with van der Waals surface area (Å²) in [7, 11) is 0. The van der Waals surface area contributed by atoms with Crippen LogP contribution in [-0.2, 0) is 0 Å². The Hall–Kier alpha value is -0.120. The Bertz CT molecular complexity index is 55.2. The van der Waals surface area contributed by atoms with Crippen LogP contribution in [0.5, 0.6) is 0 Å². The first-order valence-electron chi connectivity index (χ1n) is 2.24. The van der Waals surface area contributed by atoms with E-state index in [9.17, 15) is 5.21 Å². The molecule has 0 spiro atoms. The van der Waals surface area contributed by atoms with Gasteiger partial charge in [-0.25, -0.2) is 0 Å². The summed E-state index contributed by atoms with van der Waals surface area (Å²) in [5.41, 5.74) is -0.361. The second-order valence-electron chi connectivity index (χ2n) is 2.61. The van der Waals surface area contributed by atoms with E-state index in [-0.39, 0.29) is 10.7 Å². The SMILES string of the molecule is CC(C)(C)[NH+](N)[O-]. The van der Waals surface area contributed by atoms with E-state index >= 15 is 0 Å². The molecule has 0 rings (SSSR count). The van der Waals surface area contributed by atoms with Gasteiger partial charge in [-0.2, -0.15) is 5.84 Å². The third kappa shape index (κ3) is 2.56. The molecule has 0 amide bonds. The summed E-state index contributed by atoms with van der Waals surface area (Å²) in [5, 5.41) is 9.99. The van der Waals surface area contributed by atoms with Crippen molar-refractivity contribution in [3.63, 3.8) is 0 Å². The van der Waals surface area contributed by atoms with Crippen molar-refractivity contribution >= 4 is 0 Å². The van der Waals surface area contributed by atoms with Crippen LogP contribution < -0.4 is 11.0 Å². The van der Waals surface area contributed by atoms with Crippen molar-refractivity contribution in [3.05, 3.63) is 5.21 Å². The van der Waals surface area contributed by atoms with E-state index in [1.165, 1.54) is 0 Å². The van der Waals surface area contributed by atoms with Gasteiger partial charge >= 0.3 is 0 Å². The van der Waals surface area contributed by atoms with E-state index in [0.717, 1.165) is 0 Å². The molecule has 0 aliphatic carbocycles. The molecule has 3 heteroatoms. The molecule has 0 aromatic carbocycles. The first-order valence-corrected chi connectivity index (χ1v) is 2.24. The number of nitrogens with one attached hydrogen (secondary N) is 1. The Morgan fingerprint density at radius 3 is 1.57 bits per heavy atom. The van der Waals surface area contributed by atoms with E-state index in [1.807, 2.05) is 0 Å². The van der Waals surface area contributed by atoms with Crippen LogP contribution in [0.25, 0.3) is 0 Å². The summed E-state index contributed by atoms with van der Waals surface area (Å²) < 4.78 is 0. The van der Waals surface area contributed by atoms with Crippen LogP contribution in [0.2, 0.25) is 0 Å². The summed E-state index contributed by atoms with van der Waals surface area (Å²) in [4.78, 5) is 0. The number of hydrogen-bond acceptors (Lipinski definition) is 2. The van der Waals surface area contributed by atoms with Gasteiger partial charge in [-0.15, -0.1) is 0 Å². The average Bonchev–Trinajstić information content (AvgIpc) is 1.31. The van der Waals surface area contributed by atoms with Gasteiger partial charge < -0.3 is 5.21 Å². The number of nitrogens with two attached hydrogens (primary N) is 1. The average molecular weight is 104 g/mol. The second-order valence-corrected chi connectivity index (χ2v) is 2.61. The van der Waals surface area contributed by atoms with E-state index in [4.69, 9.17) is 5.84 Å². The lowest BCUT2D eigenvalue weighted by Crippen LogP contribution is -3.20. The van der Waals surface area contributed by atoms with Crippen LogP contribution in [-0.4, -0.2) is 5.54 Å². The quantitative estimate of drug-likeness (QED) is 0.307. The van der Waals surface area contributed by atoms with E-state index < -0.39 is 0 Å². The topological polar surface area (TPSA) is 53.5 Å². The minimum atomic E-state index is -0.361. The van der Waals surface area contributed by atoms with Crippen LogP contribution in [0.15, 0.2) is 0 Å². The Balaban J connectivity index is 3.54. The molecule has 0 bridgehead atoms. The molecule has 1 atom stereocenters. The van der Waals surface area contributed by atoms with Gasteiger partial charge in [0.2, 0.25) is 0 Å². The summed E-state index contributed by atoms with van der Waals surface area (Å²) >= 11 is 0. The molecule has 44 valence electrons. The number of hydrogen-bond donors (Lipinski definition) is 2. The zero-order chi connectivity index (χ0) is 6.08. The normalized spacial score (nSPS) is 16.7. The van der Waals surface area contributed by atoms with Crippen molar-refractivity contribution in [2.24, 2.45) is 5.84 Å². The van der Waals surface area contributed by atoms with Crippen molar-refractivity contribution < 1.29 is 5.17 Å². The molecule has 0 aliphatic rings. The van der Waals surface area contributed by atoms with Gasteiger partial charge in [-0.1, -0.05) is 0 Å². The van der Waals surface area contributed by atoms with E-state index in [2.05, 4.69) is 0 Å². The van der Waals surface area contributed by atoms with E-state index in [0.29, 0.717) is 0 Å². The van der Waals surface area contributed by atoms with Gasteiger partial charge in [0.15, 0.2) is 0 Å². The molecule has 0 radical (unpaired) electrons. The number of quaternary nitrogens is 1. The van der Waals surface area contributed by atoms with Crippen LogP contribution in [0.4, 0.5) is 0 Å². The van der Waals surface area contributed by atoms with Crippen molar-refractivity contribution in [2.75, 3.05) is 0 Å². The first-order chi connectivity index (χ1) is 2.94. The fourth-order valence-corrected chi connectivity index (χ4v) is 0. The van der Waals surface area contributed by atoms with E-state index in [1.54, 1.807) is 20.8 Å². The van der Waals surface area contributed by atoms with Crippen LogP contribution in [0, 0.1) is 5.21 Å². The summed E-state index contributed by atoms with van der Waals surface area (Å²) in [6, 6.07) is 0. The Morgan fingerprint density at radius 2 is 1.57 bits per heavy atom. The lowest BCUT2D eigenvalue weighted by Gasteiger charge is -2.29. The monoisotopic (exact) mass is 104 g/mol. The predicted octanol–water partition coefficient (Wildman–Crippen LogP) is -0.959. The zero-order valence-corrected chi connectivity index (χ0v) is 4.99. The minimum Gasteiger partial charge on any atom is -0.613 e. The van der Waals surface area contributed by atoms with Gasteiger partial charge in [0.25, 0.3) is 0 Å². The van der Waals surface area contributed by atoms with Gasteiger partial charge in [0, 0.05) is 0 Å². The number of hydroxylamine groups is 1. The molecule has 0 aromatic rings. The van der Waals surface area contributed by atoms with Gasteiger partial charge in [0.1, 0.15) is 5.54 Å². The largest absolute Gasteiger partial charge is 0.613 e. The first kappa shape index (κ1) is 6.88. The molecule has 0 saturated heterocycles. The molecule has 0 heterocycles. The minimum absolute atomic E-state index is 0.257. The van der Waals surface area contributed by atoms with Crippen molar-refractivity contribution in [1.82, 2.24) is 0 Å². The lowest BCUT2D eigenvalue weighted by atomic mass is 10.1. The third-order valence-corrected chi connectivity index (χ3v) is 0.739. The van der Waals surface area contributed by atoms with Crippen LogP contribution in [0.3, 0.4) is 0 Å². The molecule has 0 aliphatic heterocycles. The number of rotatable bonds is 0. The molecule has 0 saturated carbocycles. The molecular weight excluding hydrogens is 92.1 g/mol. The molecule has 7 heavy (non-hydrogen) atoms. The maximum absolute atomic E-state index is 10.2. The lowest BCUT2D eigenvalue weighted by molar-refractivity contribution is -0.910. The summed E-state index contributed by atoms with van der Waals surface area (Å²) in [6.45, 7) is 5.36. The molecule has 1 unspecified atom stereocenters.